The van der Waals surface area contributed by atoms with Crippen molar-refractivity contribution in [2.75, 3.05) is 18.4 Å². The van der Waals surface area contributed by atoms with Crippen LogP contribution in [0, 0.1) is 11.8 Å². The summed E-state index contributed by atoms with van der Waals surface area (Å²) in [6.07, 6.45) is 1.67. The molecule has 23 heavy (non-hydrogen) atoms. The van der Waals surface area contributed by atoms with Crippen molar-refractivity contribution in [3.05, 3.63) is 35.5 Å². The van der Waals surface area contributed by atoms with Gasteiger partial charge in [0.05, 0.1) is 5.92 Å². The molecule has 0 bridgehead atoms. The van der Waals surface area contributed by atoms with E-state index < -0.39 is 11.9 Å². The Bertz CT molecular complexity index is 719. The van der Waals surface area contributed by atoms with E-state index in [1.165, 1.54) is 11.3 Å². The molecule has 0 unspecified atom stereocenters. The SMILES string of the molecule is C[C@@H]1CN(C(=O)c2csc(Nc3ccccn3)n2)C[C@H]1C(=O)O. The largest absolute Gasteiger partial charge is 0.481 e. The molecule has 2 aromatic heterocycles. The van der Waals surface area contributed by atoms with Crippen molar-refractivity contribution in [2.45, 2.75) is 6.92 Å². The number of likely N-dealkylation sites (tertiary alicyclic amines) is 1. The zero-order chi connectivity index (χ0) is 16.4. The van der Waals surface area contributed by atoms with Crippen LogP contribution in [0.25, 0.3) is 0 Å². The van der Waals surface area contributed by atoms with Gasteiger partial charge < -0.3 is 15.3 Å². The molecule has 3 rings (SSSR count). The summed E-state index contributed by atoms with van der Waals surface area (Å²) in [5.74, 6) is -0.999. The third-order valence-corrected chi connectivity index (χ3v) is 4.60. The predicted molar refractivity (Wildman–Crippen MR) is 85.8 cm³/mol. The molecule has 1 aliphatic heterocycles. The summed E-state index contributed by atoms with van der Waals surface area (Å²) in [4.78, 5) is 33.6. The number of carbonyl (C=O) groups is 2. The molecule has 120 valence electrons. The van der Waals surface area contributed by atoms with Crippen LogP contribution in [0.2, 0.25) is 0 Å². The van der Waals surface area contributed by atoms with Crippen molar-refractivity contribution in [1.29, 1.82) is 0 Å². The number of pyridine rings is 1. The van der Waals surface area contributed by atoms with Crippen molar-refractivity contribution in [3.63, 3.8) is 0 Å². The van der Waals surface area contributed by atoms with E-state index in [4.69, 9.17) is 5.11 Å². The molecule has 0 spiro atoms. The highest BCUT2D eigenvalue weighted by molar-refractivity contribution is 7.14. The zero-order valence-corrected chi connectivity index (χ0v) is 13.3. The van der Waals surface area contributed by atoms with Gasteiger partial charge in [-0.3, -0.25) is 9.59 Å². The lowest BCUT2D eigenvalue weighted by atomic mass is 9.99. The number of carbonyl (C=O) groups excluding carboxylic acids is 1. The standard InChI is InChI=1S/C15H16N4O3S/c1-9-6-19(7-10(9)14(21)22)13(20)11-8-23-15(17-11)18-12-4-2-3-5-16-12/h2-5,8-10H,6-7H2,1H3,(H,21,22)(H,16,17,18)/t9-,10-/m1/s1. The van der Waals surface area contributed by atoms with Crippen molar-refractivity contribution >= 4 is 34.2 Å². The Balaban J connectivity index is 1.68. The summed E-state index contributed by atoms with van der Waals surface area (Å²) < 4.78 is 0. The number of nitrogens with one attached hydrogen (secondary N) is 1. The fraction of sp³-hybridized carbons (Fsp3) is 0.333. The van der Waals surface area contributed by atoms with Crippen LogP contribution in [0.15, 0.2) is 29.8 Å². The minimum atomic E-state index is -0.858. The fourth-order valence-electron chi connectivity index (χ4n) is 2.59. The van der Waals surface area contributed by atoms with Crippen LogP contribution in [0.3, 0.4) is 0 Å². The van der Waals surface area contributed by atoms with Crippen LogP contribution in [0.1, 0.15) is 17.4 Å². The maximum absolute atomic E-state index is 12.5. The molecule has 1 amide bonds. The topological polar surface area (TPSA) is 95.4 Å². The van der Waals surface area contributed by atoms with E-state index in [1.807, 2.05) is 25.1 Å². The molecular formula is C15H16N4O3S. The smallest absolute Gasteiger partial charge is 0.308 e. The summed E-state index contributed by atoms with van der Waals surface area (Å²) in [6.45, 7) is 2.52. The maximum atomic E-state index is 12.5. The summed E-state index contributed by atoms with van der Waals surface area (Å²) in [5, 5.41) is 14.4. The van der Waals surface area contributed by atoms with Gasteiger partial charge in [0.2, 0.25) is 0 Å². The van der Waals surface area contributed by atoms with E-state index in [-0.39, 0.29) is 18.4 Å². The molecule has 7 nitrogen and oxygen atoms in total. The Morgan fingerprint density at radius 3 is 2.87 bits per heavy atom. The molecule has 2 aromatic rings. The summed E-state index contributed by atoms with van der Waals surface area (Å²) >= 11 is 1.31. The van der Waals surface area contributed by atoms with Gasteiger partial charge in [-0.25, -0.2) is 9.97 Å². The summed E-state index contributed by atoms with van der Waals surface area (Å²) in [7, 11) is 0. The zero-order valence-electron chi connectivity index (χ0n) is 12.5. The number of aliphatic carboxylic acids is 1. The van der Waals surface area contributed by atoms with Crippen molar-refractivity contribution in [2.24, 2.45) is 11.8 Å². The molecule has 0 radical (unpaired) electrons. The average molecular weight is 332 g/mol. The summed E-state index contributed by atoms with van der Waals surface area (Å²) in [5.41, 5.74) is 0.326. The van der Waals surface area contributed by atoms with E-state index >= 15 is 0 Å². The molecule has 0 saturated carbocycles. The average Bonchev–Trinajstić information content (AvgIpc) is 3.14. The lowest BCUT2D eigenvalue weighted by molar-refractivity contribution is -0.142. The van der Waals surface area contributed by atoms with Gasteiger partial charge in [0, 0.05) is 24.7 Å². The van der Waals surface area contributed by atoms with Gasteiger partial charge in [-0.05, 0) is 18.1 Å². The number of hydrogen-bond donors (Lipinski definition) is 2. The number of aromatic nitrogens is 2. The molecule has 1 aliphatic rings. The number of rotatable bonds is 4. The van der Waals surface area contributed by atoms with Crippen LogP contribution < -0.4 is 5.32 Å². The van der Waals surface area contributed by atoms with E-state index in [0.29, 0.717) is 23.2 Å². The lowest BCUT2D eigenvalue weighted by Crippen LogP contribution is -2.30. The second-order valence-corrected chi connectivity index (χ2v) is 6.37. The first-order chi connectivity index (χ1) is 11.0. The van der Waals surface area contributed by atoms with Gasteiger partial charge in [0.15, 0.2) is 5.13 Å². The fourth-order valence-corrected chi connectivity index (χ4v) is 3.28. The number of carboxylic acid groups (broad SMARTS) is 1. The Kier molecular flexibility index (Phi) is 4.24. The van der Waals surface area contributed by atoms with Gasteiger partial charge in [-0.1, -0.05) is 13.0 Å². The summed E-state index contributed by atoms with van der Waals surface area (Å²) in [6, 6.07) is 5.48. The molecule has 0 aromatic carbocycles. The number of nitrogens with zero attached hydrogens (tertiary/aromatic N) is 3. The third kappa shape index (κ3) is 3.31. The lowest BCUT2D eigenvalue weighted by Gasteiger charge is -2.13. The first-order valence-corrected chi connectivity index (χ1v) is 8.08. The number of carboxylic acids is 1. The Morgan fingerprint density at radius 1 is 1.39 bits per heavy atom. The molecule has 1 saturated heterocycles. The van der Waals surface area contributed by atoms with E-state index in [2.05, 4.69) is 15.3 Å². The molecule has 1 fully saturated rings. The van der Waals surface area contributed by atoms with Crippen LogP contribution in [0.4, 0.5) is 10.9 Å². The second kappa shape index (κ2) is 6.33. The first-order valence-electron chi connectivity index (χ1n) is 7.20. The van der Waals surface area contributed by atoms with Gasteiger partial charge in [-0.15, -0.1) is 11.3 Å². The van der Waals surface area contributed by atoms with Gasteiger partial charge in [0.25, 0.3) is 5.91 Å². The Labute approximate surface area is 137 Å². The molecular weight excluding hydrogens is 316 g/mol. The number of thiazole rings is 1. The highest BCUT2D eigenvalue weighted by atomic mass is 32.1. The second-order valence-electron chi connectivity index (χ2n) is 5.51. The molecule has 3 heterocycles. The monoisotopic (exact) mass is 332 g/mol. The van der Waals surface area contributed by atoms with Gasteiger partial charge >= 0.3 is 5.97 Å². The minimum absolute atomic E-state index is 0.0544. The highest BCUT2D eigenvalue weighted by Gasteiger charge is 2.37. The molecule has 2 atom stereocenters. The number of hydrogen-bond acceptors (Lipinski definition) is 6. The van der Waals surface area contributed by atoms with Crippen LogP contribution in [0.5, 0.6) is 0 Å². The quantitative estimate of drug-likeness (QED) is 0.890. The van der Waals surface area contributed by atoms with E-state index in [1.54, 1.807) is 16.5 Å². The maximum Gasteiger partial charge on any atom is 0.308 e. The van der Waals surface area contributed by atoms with Gasteiger partial charge in [-0.2, -0.15) is 0 Å². The Hall–Kier alpha value is -2.48. The van der Waals surface area contributed by atoms with Crippen molar-refractivity contribution < 1.29 is 14.7 Å². The van der Waals surface area contributed by atoms with E-state index in [9.17, 15) is 9.59 Å². The number of amides is 1. The van der Waals surface area contributed by atoms with Crippen LogP contribution >= 0.6 is 11.3 Å². The molecule has 0 aliphatic carbocycles. The van der Waals surface area contributed by atoms with Crippen molar-refractivity contribution in [1.82, 2.24) is 14.9 Å². The number of anilines is 2. The predicted octanol–water partition coefficient (Wildman–Crippen LogP) is 2.07. The first kappa shape index (κ1) is 15.4. The molecule has 2 N–H and O–H groups in total. The Morgan fingerprint density at radius 2 is 2.22 bits per heavy atom. The van der Waals surface area contributed by atoms with Gasteiger partial charge in [0.1, 0.15) is 11.5 Å². The normalized spacial score (nSPS) is 20.5. The third-order valence-electron chi connectivity index (χ3n) is 3.84. The van der Waals surface area contributed by atoms with Crippen LogP contribution in [-0.2, 0) is 4.79 Å². The van der Waals surface area contributed by atoms with Crippen LogP contribution in [-0.4, -0.2) is 44.9 Å². The minimum Gasteiger partial charge on any atom is -0.481 e. The van der Waals surface area contributed by atoms with Crippen molar-refractivity contribution in [3.8, 4) is 0 Å². The highest BCUT2D eigenvalue weighted by Crippen LogP contribution is 2.26. The molecule has 8 heteroatoms. The van der Waals surface area contributed by atoms with E-state index in [0.717, 1.165) is 0 Å².